The zero-order valence-corrected chi connectivity index (χ0v) is 14.2. The predicted molar refractivity (Wildman–Crippen MR) is 86.0 cm³/mol. The van der Waals surface area contributed by atoms with E-state index in [1.807, 2.05) is 26.8 Å². The van der Waals surface area contributed by atoms with Gasteiger partial charge in [0.25, 0.3) is 0 Å². The van der Waals surface area contributed by atoms with Crippen molar-refractivity contribution in [3.05, 3.63) is 40.3 Å². The van der Waals surface area contributed by atoms with E-state index in [1.165, 1.54) is 0 Å². The molecule has 0 N–H and O–H groups in total. The molecule has 23 heavy (non-hydrogen) atoms. The van der Waals surface area contributed by atoms with Gasteiger partial charge in [-0.3, -0.25) is 0 Å². The van der Waals surface area contributed by atoms with Crippen LogP contribution in [-0.2, 0) is 16.6 Å². The van der Waals surface area contributed by atoms with Crippen LogP contribution in [0.25, 0.3) is 4.85 Å². The van der Waals surface area contributed by atoms with Gasteiger partial charge in [-0.25, -0.2) is 9.83 Å². The van der Waals surface area contributed by atoms with Crippen molar-refractivity contribution in [2.75, 3.05) is 7.11 Å². The zero-order chi connectivity index (χ0) is 17.0. The summed E-state index contributed by atoms with van der Waals surface area (Å²) < 4.78 is 5.45. The summed E-state index contributed by atoms with van der Waals surface area (Å²) in [5, 5.41) is 0. The molecule has 2 atom stereocenters. The first kappa shape index (κ1) is 15.7. The van der Waals surface area contributed by atoms with Crippen LogP contribution in [0.3, 0.4) is 0 Å². The Morgan fingerprint density at radius 1 is 1.35 bits per heavy atom. The van der Waals surface area contributed by atoms with Gasteiger partial charge in [-0.15, -0.1) is 0 Å². The van der Waals surface area contributed by atoms with Crippen molar-refractivity contribution >= 4 is 5.78 Å². The van der Waals surface area contributed by atoms with E-state index in [4.69, 9.17) is 11.3 Å². The average molecular weight is 311 g/mol. The van der Waals surface area contributed by atoms with Gasteiger partial charge in [-0.05, 0) is 25.7 Å². The Morgan fingerprint density at radius 2 is 2.04 bits per heavy atom. The Labute approximate surface area is 136 Å². The van der Waals surface area contributed by atoms with Crippen LogP contribution in [0.4, 0.5) is 0 Å². The maximum atomic E-state index is 12.6. The fourth-order valence-corrected chi connectivity index (χ4v) is 4.36. The van der Waals surface area contributed by atoms with E-state index in [0.717, 1.165) is 24.1 Å². The van der Waals surface area contributed by atoms with Gasteiger partial charge in [0.2, 0.25) is 11.6 Å². The van der Waals surface area contributed by atoms with Crippen LogP contribution in [0.5, 0.6) is 5.88 Å². The summed E-state index contributed by atoms with van der Waals surface area (Å²) >= 11 is 0. The molecule has 0 aromatic carbocycles. The van der Waals surface area contributed by atoms with E-state index >= 15 is 0 Å². The van der Waals surface area contributed by atoms with E-state index in [0.29, 0.717) is 11.7 Å². The number of aryl methyl sites for hydroxylation is 1. The SMILES string of the molecule is [C-]#[N+]C1=C[C@]2(C)c3nc(C)nc(OC)c3CC[C@H]2C(C)(C)C1=O. The highest BCUT2D eigenvalue weighted by Crippen LogP contribution is 2.55. The number of carbonyl (C=O) groups excluding carboxylic acids is 1. The monoisotopic (exact) mass is 311 g/mol. The highest BCUT2D eigenvalue weighted by atomic mass is 16.5. The van der Waals surface area contributed by atoms with Crippen LogP contribution in [0, 0.1) is 24.8 Å². The zero-order valence-electron chi connectivity index (χ0n) is 14.2. The first-order valence-corrected chi connectivity index (χ1v) is 7.82. The van der Waals surface area contributed by atoms with Crippen molar-refractivity contribution < 1.29 is 9.53 Å². The molecule has 120 valence electrons. The Bertz CT molecular complexity index is 773. The molecular formula is C18H21N3O2. The molecule has 0 amide bonds. The quantitative estimate of drug-likeness (QED) is 0.748. The summed E-state index contributed by atoms with van der Waals surface area (Å²) in [7, 11) is 1.62. The molecule has 1 aromatic heterocycles. The molecule has 0 bridgehead atoms. The normalized spacial score (nSPS) is 28.3. The highest BCUT2D eigenvalue weighted by Gasteiger charge is 2.54. The third-order valence-corrected chi connectivity index (χ3v) is 5.44. The maximum absolute atomic E-state index is 12.6. The summed E-state index contributed by atoms with van der Waals surface area (Å²) in [5.41, 5.74) is 1.10. The molecule has 0 spiro atoms. The largest absolute Gasteiger partial charge is 0.481 e. The third-order valence-electron chi connectivity index (χ3n) is 5.44. The number of fused-ring (bicyclic) bond motifs is 3. The van der Waals surface area contributed by atoms with Gasteiger partial charge in [0.1, 0.15) is 5.82 Å². The van der Waals surface area contributed by atoms with E-state index in [9.17, 15) is 4.79 Å². The van der Waals surface area contributed by atoms with Crippen molar-refractivity contribution in [2.24, 2.45) is 11.3 Å². The summed E-state index contributed by atoms with van der Waals surface area (Å²) in [5.74, 6) is 1.31. The molecule has 0 saturated carbocycles. The second kappa shape index (κ2) is 4.89. The minimum Gasteiger partial charge on any atom is -0.481 e. The van der Waals surface area contributed by atoms with Gasteiger partial charge in [0.15, 0.2) is 5.78 Å². The molecular weight excluding hydrogens is 290 g/mol. The van der Waals surface area contributed by atoms with Crippen molar-refractivity contribution in [3.63, 3.8) is 0 Å². The molecule has 0 fully saturated rings. The number of ether oxygens (including phenoxy) is 1. The second-order valence-electron chi connectivity index (χ2n) is 7.17. The highest BCUT2D eigenvalue weighted by molar-refractivity contribution is 6.02. The third kappa shape index (κ3) is 2.01. The lowest BCUT2D eigenvalue weighted by atomic mass is 9.53. The number of aromatic nitrogens is 2. The number of rotatable bonds is 1. The molecule has 2 aliphatic carbocycles. The minimum absolute atomic E-state index is 0.0591. The number of hydrogen-bond acceptors (Lipinski definition) is 4. The van der Waals surface area contributed by atoms with Crippen LogP contribution in [0.2, 0.25) is 0 Å². The van der Waals surface area contributed by atoms with E-state index in [2.05, 4.69) is 21.7 Å². The molecule has 1 aromatic rings. The minimum atomic E-state index is -0.576. The van der Waals surface area contributed by atoms with Crippen LogP contribution in [0.15, 0.2) is 11.8 Å². The lowest BCUT2D eigenvalue weighted by Crippen LogP contribution is -2.51. The topological polar surface area (TPSA) is 56.4 Å². The molecule has 1 heterocycles. The van der Waals surface area contributed by atoms with Crippen LogP contribution in [-0.4, -0.2) is 22.9 Å². The molecule has 0 radical (unpaired) electrons. The Kier molecular flexibility index (Phi) is 3.33. The number of Topliss-reactive ketones (excluding diaryl/α,β-unsaturated/α-hetero) is 1. The van der Waals surface area contributed by atoms with Gasteiger partial charge >= 0.3 is 0 Å². The van der Waals surface area contributed by atoms with Gasteiger partial charge in [0.05, 0.1) is 19.4 Å². The molecule has 0 aliphatic heterocycles. The average Bonchev–Trinajstić information content (AvgIpc) is 2.51. The summed E-state index contributed by atoms with van der Waals surface area (Å²) in [6.45, 7) is 15.2. The summed E-state index contributed by atoms with van der Waals surface area (Å²) in [6.07, 6.45) is 3.46. The number of allylic oxidation sites excluding steroid dienone is 2. The second-order valence-corrected chi connectivity index (χ2v) is 7.17. The van der Waals surface area contributed by atoms with Gasteiger partial charge in [0, 0.05) is 16.4 Å². The van der Waals surface area contributed by atoms with Crippen LogP contribution < -0.4 is 4.74 Å². The first-order valence-electron chi connectivity index (χ1n) is 7.82. The Balaban J connectivity index is 2.32. The van der Waals surface area contributed by atoms with Gasteiger partial charge < -0.3 is 9.53 Å². The molecule has 0 unspecified atom stereocenters. The predicted octanol–water partition coefficient (Wildman–Crippen LogP) is 3.03. The van der Waals surface area contributed by atoms with Crippen molar-refractivity contribution in [3.8, 4) is 5.88 Å². The van der Waals surface area contributed by atoms with Crippen LogP contribution >= 0.6 is 0 Å². The van der Waals surface area contributed by atoms with Gasteiger partial charge in [-0.2, -0.15) is 4.98 Å². The molecule has 0 saturated heterocycles. The Morgan fingerprint density at radius 3 is 2.65 bits per heavy atom. The lowest BCUT2D eigenvalue weighted by molar-refractivity contribution is -0.128. The lowest BCUT2D eigenvalue weighted by Gasteiger charge is -2.50. The molecule has 5 nitrogen and oxygen atoms in total. The number of ketones is 1. The van der Waals surface area contributed by atoms with Crippen molar-refractivity contribution in [1.29, 1.82) is 0 Å². The number of hydrogen-bond donors (Lipinski definition) is 0. The van der Waals surface area contributed by atoms with E-state index in [1.54, 1.807) is 7.11 Å². The Hall–Kier alpha value is -2.22. The fraction of sp³-hybridized carbons (Fsp3) is 0.556. The van der Waals surface area contributed by atoms with Gasteiger partial charge in [-0.1, -0.05) is 26.8 Å². The van der Waals surface area contributed by atoms with E-state index < -0.39 is 10.8 Å². The molecule has 5 heteroatoms. The number of methoxy groups -OCH3 is 1. The fourth-order valence-electron chi connectivity index (χ4n) is 4.36. The number of nitrogens with zero attached hydrogens (tertiary/aromatic N) is 3. The molecule has 3 rings (SSSR count). The summed E-state index contributed by atoms with van der Waals surface area (Å²) in [4.78, 5) is 25.2. The van der Waals surface area contributed by atoms with E-state index in [-0.39, 0.29) is 17.4 Å². The first-order chi connectivity index (χ1) is 10.8. The smallest absolute Gasteiger partial charge is 0.226 e. The molecule has 2 aliphatic rings. The van der Waals surface area contributed by atoms with Crippen molar-refractivity contribution in [2.45, 2.75) is 46.0 Å². The van der Waals surface area contributed by atoms with Crippen molar-refractivity contribution in [1.82, 2.24) is 9.97 Å². The van der Waals surface area contributed by atoms with Crippen LogP contribution in [0.1, 0.15) is 44.3 Å². The number of carbonyl (C=O) groups is 1. The standard InChI is InChI=1S/C18H21N3O2/c1-10-20-14-11(16(21-10)23-6)7-8-13-17(2,3)15(22)12(19-5)9-18(13,14)4/h9,13H,7-8H2,1-4,6H3/t13-,18-/m0/s1. The maximum Gasteiger partial charge on any atom is 0.226 e. The summed E-state index contributed by atoms with van der Waals surface area (Å²) in [6, 6.07) is 0.